The number of phenolic OH excluding ortho intramolecular Hbond substituents is 1. The number of phenols is 1. The van der Waals surface area contributed by atoms with E-state index in [0.29, 0.717) is 0 Å². The number of aliphatic hydroxyl groups is 1. The lowest BCUT2D eigenvalue weighted by Crippen LogP contribution is -2.12. The molecule has 1 unspecified atom stereocenters. The number of rotatable bonds is 3. The number of hydrogen-bond donors (Lipinski definition) is 5. The molecule has 0 heterocycles. The molecule has 0 aliphatic carbocycles. The fourth-order valence-electron chi connectivity index (χ4n) is 1.03. The molecule has 0 radical (unpaired) electrons. The number of hydrogen-bond acceptors (Lipinski definition) is 5. The van der Waals surface area contributed by atoms with Crippen LogP contribution in [0.15, 0.2) is 18.2 Å². The molecule has 0 saturated heterocycles. The van der Waals surface area contributed by atoms with Gasteiger partial charge in [-0.1, -0.05) is 12.1 Å². The number of aliphatic hydroxyl groups excluding tert-OH is 1. The van der Waals surface area contributed by atoms with Gasteiger partial charge in [0.2, 0.25) is 0 Å². The molecular formula is C8H10N2O4. The van der Waals surface area contributed by atoms with Gasteiger partial charge in [0.25, 0.3) is 0 Å². The summed E-state index contributed by atoms with van der Waals surface area (Å²) >= 11 is 0. The van der Waals surface area contributed by atoms with Gasteiger partial charge in [0.05, 0.1) is 5.69 Å². The predicted octanol–water partition coefficient (Wildman–Crippen LogP) is -0.204. The van der Waals surface area contributed by atoms with Gasteiger partial charge in [-0.25, -0.2) is 4.79 Å². The number of carbonyl (C=O) groups is 1. The SMILES string of the molecule is NNc1cccc(C(O)C(=O)O)c1O. The van der Waals surface area contributed by atoms with E-state index in [9.17, 15) is 15.0 Å². The highest BCUT2D eigenvalue weighted by Gasteiger charge is 2.20. The van der Waals surface area contributed by atoms with Gasteiger partial charge in [-0.05, 0) is 6.07 Å². The van der Waals surface area contributed by atoms with Gasteiger partial charge in [0, 0.05) is 5.56 Å². The zero-order valence-electron chi connectivity index (χ0n) is 7.14. The van der Waals surface area contributed by atoms with E-state index in [1.54, 1.807) is 0 Å². The maximum atomic E-state index is 10.4. The van der Waals surface area contributed by atoms with E-state index in [4.69, 9.17) is 10.9 Å². The van der Waals surface area contributed by atoms with E-state index in [1.165, 1.54) is 18.2 Å². The second-order valence-electron chi connectivity index (χ2n) is 2.63. The molecule has 0 saturated carbocycles. The van der Waals surface area contributed by atoms with Crippen LogP contribution in [0.2, 0.25) is 0 Å². The molecule has 1 aromatic rings. The highest BCUT2D eigenvalue weighted by molar-refractivity contribution is 5.76. The molecular weight excluding hydrogens is 188 g/mol. The van der Waals surface area contributed by atoms with Crippen molar-refractivity contribution in [2.75, 3.05) is 5.43 Å². The summed E-state index contributed by atoms with van der Waals surface area (Å²) in [5.74, 6) is 3.25. The van der Waals surface area contributed by atoms with E-state index in [-0.39, 0.29) is 17.0 Å². The van der Waals surface area contributed by atoms with Gasteiger partial charge < -0.3 is 20.7 Å². The monoisotopic (exact) mass is 198 g/mol. The molecule has 14 heavy (non-hydrogen) atoms. The molecule has 0 bridgehead atoms. The van der Waals surface area contributed by atoms with Crippen LogP contribution in [0.3, 0.4) is 0 Å². The molecule has 6 nitrogen and oxygen atoms in total. The summed E-state index contributed by atoms with van der Waals surface area (Å²) in [5.41, 5.74) is 2.23. The minimum Gasteiger partial charge on any atom is -0.505 e. The number of aliphatic carboxylic acids is 1. The molecule has 0 aromatic heterocycles. The third-order valence-electron chi connectivity index (χ3n) is 1.75. The first kappa shape index (κ1) is 10.3. The number of carboxylic acid groups (broad SMARTS) is 1. The summed E-state index contributed by atoms with van der Waals surface area (Å²) in [4.78, 5) is 10.4. The molecule has 1 aromatic carbocycles. The number of hydrazine groups is 1. The van der Waals surface area contributed by atoms with Crippen LogP contribution in [0.25, 0.3) is 0 Å². The molecule has 76 valence electrons. The fourth-order valence-corrected chi connectivity index (χ4v) is 1.03. The van der Waals surface area contributed by atoms with Crippen LogP contribution < -0.4 is 11.3 Å². The Labute approximate surface area is 79.6 Å². The normalized spacial score (nSPS) is 12.1. The second-order valence-corrected chi connectivity index (χ2v) is 2.63. The lowest BCUT2D eigenvalue weighted by atomic mass is 10.1. The van der Waals surface area contributed by atoms with Gasteiger partial charge >= 0.3 is 5.97 Å². The predicted molar refractivity (Wildman–Crippen MR) is 48.5 cm³/mol. The topological polar surface area (TPSA) is 116 Å². The second kappa shape index (κ2) is 3.95. The minimum absolute atomic E-state index is 0.104. The fraction of sp³-hybridized carbons (Fsp3) is 0.125. The van der Waals surface area contributed by atoms with Crippen molar-refractivity contribution in [1.29, 1.82) is 0 Å². The van der Waals surface area contributed by atoms with E-state index >= 15 is 0 Å². The first-order chi connectivity index (χ1) is 6.57. The van der Waals surface area contributed by atoms with Gasteiger partial charge in [0.15, 0.2) is 6.10 Å². The maximum Gasteiger partial charge on any atom is 0.337 e. The molecule has 0 aliphatic rings. The Balaban J connectivity index is 3.15. The first-order valence-electron chi connectivity index (χ1n) is 3.77. The van der Waals surface area contributed by atoms with E-state index in [0.717, 1.165) is 0 Å². The number of nitrogen functional groups attached to an aromatic ring is 1. The summed E-state index contributed by atoms with van der Waals surface area (Å²) in [6.07, 6.45) is -1.76. The summed E-state index contributed by atoms with van der Waals surface area (Å²) in [6, 6.07) is 4.22. The summed E-state index contributed by atoms with van der Waals surface area (Å²) in [6.45, 7) is 0. The Bertz CT molecular complexity index is 353. The zero-order valence-corrected chi connectivity index (χ0v) is 7.14. The van der Waals surface area contributed by atoms with Crippen LogP contribution >= 0.6 is 0 Å². The van der Waals surface area contributed by atoms with Crippen LogP contribution in [0.1, 0.15) is 11.7 Å². The molecule has 0 spiro atoms. The van der Waals surface area contributed by atoms with Gasteiger partial charge in [-0.3, -0.25) is 5.84 Å². The van der Waals surface area contributed by atoms with Crippen LogP contribution in [-0.2, 0) is 4.79 Å². The van der Waals surface area contributed by atoms with Crippen molar-refractivity contribution in [2.45, 2.75) is 6.10 Å². The van der Waals surface area contributed by atoms with Crippen molar-refractivity contribution < 1.29 is 20.1 Å². The van der Waals surface area contributed by atoms with Crippen molar-refractivity contribution in [3.05, 3.63) is 23.8 Å². The molecule has 1 atom stereocenters. The van der Waals surface area contributed by atoms with Gasteiger partial charge in [-0.2, -0.15) is 0 Å². The Hall–Kier alpha value is -1.79. The minimum atomic E-state index is -1.76. The lowest BCUT2D eigenvalue weighted by molar-refractivity contribution is -0.147. The number of aromatic hydroxyl groups is 1. The van der Waals surface area contributed by atoms with Crippen molar-refractivity contribution >= 4 is 11.7 Å². The summed E-state index contributed by atoms with van der Waals surface area (Å²) < 4.78 is 0. The zero-order chi connectivity index (χ0) is 10.7. The Morgan fingerprint density at radius 2 is 2.14 bits per heavy atom. The Morgan fingerprint density at radius 1 is 1.50 bits per heavy atom. The van der Waals surface area contributed by atoms with E-state index < -0.39 is 12.1 Å². The summed E-state index contributed by atoms with van der Waals surface area (Å²) in [7, 11) is 0. The molecule has 0 amide bonds. The number of nitrogens with two attached hydrogens (primary N) is 1. The van der Waals surface area contributed by atoms with Crippen LogP contribution in [-0.4, -0.2) is 21.3 Å². The maximum absolute atomic E-state index is 10.4. The van der Waals surface area contributed by atoms with Crippen molar-refractivity contribution in [1.82, 2.24) is 0 Å². The van der Waals surface area contributed by atoms with Crippen LogP contribution in [0.4, 0.5) is 5.69 Å². The standard InChI is InChI=1S/C8H10N2O4/c9-10-5-3-1-2-4(6(5)11)7(12)8(13)14/h1-3,7,10-12H,9H2,(H,13,14). The highest BCUT2D eigenvalue weighted by atomic mass is 16.4. The highest BCUT2D eigenvalue weighted by Crippen LogP contribution is 2.31. The van der Waals surface area contributed by atoms with Crippen molar-refractivity contribution in [3.8, 4) is 5.75 Å². The van der Waals surface area contributed by atoms with Crippen molar-refractivity contribution in [2.24, 2.45) is 5.84 Å². The number of carboxylic acids is 1. The Morgan fingerprint density at radius 3 is 2.64 bits per heavy atom. The molecule has 0 aliphatic heterocycles. The third-order valence-corrected chi connectivity index (χ3v) is 1.75. The quantitative estimate of drug-likeness (QED) is 0.261. The van der Waals surface area contributed by atoms with Gasteiger partial charge in [-0.15, -0.1) is 0 Å². The average molecular weight is 198 g/mol. The molecule has 6 N–H and O–H groups in total. The van der Waals surface area contributed by atoms with Crippen LogP contribution in [0, 0.1) is 0 Å². The van der Waals surface area contributed by atoms with Crippen molar-refractivity contribution in [3.63, 3.8) is 0 Å². The first-order valence-corrected chi connectivity index (χ1v) is 3.77. The molecule has 1 rings (SSSR count). The lowest BCUT2D eigenvalue weighted by Gasteiger charge is -2.11. The van der Waals surface area contributed by atoms with Crippen LogP contribution in [0.5, 0.6) is 5.75 Å². The third kappa shape index (κ3) is 1.76. The van der Waals surface area contributed by atoms with Gasteiger partial charge in [0.1, 0.15) is 5.75 Å². The van der Waals surface area contributed by atoms with E-state index in [2.05, 4.69) is 5.43 Å². The number of nitrogens with one attached hydrogen (secondary N) is 1. The largest absolute Gasteiger partial charge is 0.505 e. The molecule has 6 heteroatoms. The number of para-hydroxylation sites is 1. The average Bonchev–Trinajstić information content (AvgIpc) is 2.17. The smallest absolute Gasteiger partial charge is 0.337 e. The molecule has 0 fully saturated rings. The number of anilines is 1. The van der Waals surface area contributed by atoms with E-state index in [1.807, 2.05) is 0 Å². The number of benzene rings is 1. The summed E-state index contributed by atoms with van der Waals surface area (Å²) in [5, 5.41) is 27.1. The Kier molecular flexibility index (Phi) is 2.90.